The predicted molar refractivity (Wildman–Crippen MR) is 57.9 cm³/mol. The first-order valence-electron chi connectivity index (χ1n) is 5.10. The summed E-state index contributed by atoms with van der Waals surface area (Å²) >= 11 is 0. The average molecular weight is 183 g/mol. The fourth-order valence-electron chi connectivity index (χ4n) is 2.34. The van der Waals surface area contributed by atoms with E-state index in [2.05, 4.69) is 30.6 Å². The summed E-state index contributed by atoms with van der Waals surface area (Å²) in [6.45, 7) is 6.08. The maximum atomic E-state index is 4.47. The summed E-state index contributed by atoms with van der Waals surface area (Å²) in [6, 6.07) is 4.25. The van der Waals surface area contributed by atoms with Crippen LogP contribution in [0.15, 0.2) is 36.6 Å². The Kier molecular flexibility index (Phi) is 1.46. The predicted octanol–water partition coefficient (Wildman–Crippen LogP) is 3.16. The van der Waals surface area contributed by atoms with Crippen molar-refractivity contribution in [1.82, 2.24) is 4.98 Å². The largest absolute Gasteiger partial charge is 0.256 e. The number of hydrogen-bond acceptors (Lipinski definition) is 1. The molecule has 1 heterocycles. The van der Waals surface area contributed by atoms with Crippen LogP contribution in [0.5, 0.6) is 0 Å². The second-order valence-corrected chi connectivity index (χ2v) is 4.31. The molecular weight excluding hydrogens is 170 g/mol. The Bertz CT molecular complexity index is 442. The molecule has 2 aliphatic carbocycles. The van der Waals surface area contributed by atoms with Gasteiger partial charge in [0, 0.05) is 6.20 Å². The molecule has 0 amide bonds. The highest BCUT2D eigenvalue weighted by Crippen LogP contribution is 2.54. The smallest absolute Gasteiger partial charge is 0.0736 e. The van der Waals surface area contributed by atoms with Gasteiger partial charge in [0.2, 0.25) is 0 Å². The molecule has 0 aliphatic heterocycles. The second kappa shape index (κ2) is 2.57. The zero-order valence-corrected chi connectivity index (χ0v) is 8.33. The van der Waals surface area contributed by atoms with Crippen molar-refractivity contribution >= 4 is 5.57 Å². The van der Waals surface area contributed by atoms with Gasteiger partial charge in [0.1, 0.15) is 0 Å². The van der Waals surface area contributed by atoms with Gasteiger partial charge in [-0.25, -0.2) is 0 Å². The lowest BCUT2D eigenvalue weighted by Crippen LogP contribution is -2.01. The van der Waals surface area contributed by atoms with E-state index in [9.17, 15) is 0 Å². The number of rotatable bonds is 1. The van der Waals surface area contributed by atoms with Crippen molar-refractivity contribution in [3.05, 3.63) is 47.8 Å². The number of nitrogens with zero attached hydrogens (tertiary/aromatic N) is 1. The lowest BCUT2D eigenvalue weighted by Gasteiger charge is -2.15. The molecular formula is C13H13N. The van der Waals surface area contributed by atoms with Gasteiger partial charge >= 0.3 is 0 Å². The molecule has 0 bridgehead atoms. The molecule has 2 unspecified atom stereocenters. The summed E-state index contributed by atoms with van der Waals surface area (Å²) in [5.74, 6) is 1.51. The van der Waals surface area contributed by atoms with Gasteiger partial charge in [0.15, 0.2) is 0 Å². The molecule has 1 fully saturated rings. The molecule has 0 saturated heterocycles. The third-order valence-corrected chi connectivity index (χ3v) is 3.17. The summed E-state index contributed by atoms with van der Waals surface area (Å²) in [6.07, 6.45) is 5.52. The summed E-state index contributed by atoms with van der Waals surface area (Å²) in [5, 5.41) is 0. The van der Waals surface area contributed by atoms with E-state index in [0.29, 0.717) is 0 Å². The molecule has 2 aliphatic rings. The fourth-order valence-corrected chi connectivity index (χ4v) is 2.34. The van der Waals surface area contributed by atoms with Gasteiger partial charge in [-0.15, -0.1) is 0 Å². The molecule has 70 valence electrons. The maximum Gasteiger partial charge on any atom is 0.0736 e. The van der Waals surface area contributed by atoms with E-state index >= 15 is 0 Å². The van der Waals surface area contributed by atoms with Crippen molar-refractivity contribution < 1.29 is 0 Å². The van der Waals surface area contributed by atoms with Crippen LogP contribution in [0.4, 0.5) is 0 Å². The number of fused-ring (bicyclic) bond motifs is 3. The van der Waals surface area contributed by atoms with E-state index in [1.54, 1.807) is 0 Å². The first kappa shape index (κ1) is 7.98. The van der Waals surface area contributed by atoms with Gasteiger partial charge in [0.05, 0.1) is 5.69 Å². The third-order valence-electron chi connectivity index (χ3n) is 3.17. The Labute approximate surface area is 84.2 Å². The van der Waals surface area contributed by atoms with E-state index in [0.717, 1.165) is 17.4 Å². The molecule has 3 rings (SSSR count). The zero-order valence-electron chi connectivity index (χ0n) is 8.33. The number of aromatic nitrogens is 1. The van der Waals surface area contributed by atoms with Crippen molar-refractivity contribution in [1.29, 1.82) is 0 Å². The molecule has 1 aromatic rings. The van der Waals surface area contributed by atoms with Crippen molar-refractivity contribution in [3.8, 4) is 0 Å². The molecule has 0 spiro atoms. The van der Waals surface area contributed by atoms with Crippen molar-refractivity contribution in [3.63, 3.8) is 0 Å². The van der Waals surface area contributed by atoms with Crippen molar-refractivity contribution in [2.24, 2.45) is 5.92 Å². The van der Waals surface area contributed by atoms with E-state index in [1.807, 2.05) is 12.3 Å². The van der Waals surface area contributed by atoms with Gasteiger partial charge in [-0.05, 0) is 48.0 Å². The second-order valence-electron chi connectivity index (χ2n) is 4.31. The van der Waals surface area contributed by atoms with Crippen LogP contribution in [0.25, 0.3) is 5.57 Å². The normalized spacial score (nSPS) is 27.4. The number of hydrogen-bond donors (Lipinski definition) is 0. The summed E-state index contributed by atoms with van der Waals surface area (Å²) in [7, 11) is 0. The van der Waals surface area contributed by atoms with Crippen LogP contribution < -0.4 is 0 Å². The minimum absolute atomic E-state index is 0.752. The molecule has 1 aromatic heterocycles. The first-order chi connectivity index (χ1) is 6.77. The van der Waals surface area contributed by atoms with Crippen LogP contribution in [0, 0.1) is 5.92 Å². The van der Waals surface area contributed by atoms with Crippen LogP contribution in [0.1, 0.15) is 30.5 Å². The van der Waals surface area contributed by atoms with Gasteiger partial charge < -0.3 is 0 Å². The Hall–Kier alpha value is -1.37. The highest BCUT2D eigenvalue weighted by Gasteiger charge is 2.42. The maximum absolute atomic E-state index is 4.47. The summed E-state index contributed by atoms with van der Waals surface area (Å²) in [5.41, 5.74) is 4.99. The van der Waals surface area contributed by atoms with Gasteiger partial charge in [-0.1, -0.05) is 18.7 Å². The lowest BCUT2D eigenvalue weighted by atomic mass is 9.92. The minimum atomic E-state index is 0.752. The van der Waals surface area contributed by atoms with Crippen LogP contribution in [0.2, 0.25) is 0 Å². The molecule has 1 saturated carbocycles. The fraction of sp³-hybridized carbons (Fsp3) is 0.308. The highest BCUT2D eigenvalue weighted by atomic mass is 14.7. The molecule has 0 N–H and O–H groups in total. The van der Waals surface area contributed by atoms with Crippen LogP contribution in [-0.2, 0) is 0 Å². The summed E-state index contributed by atoms with van der Waals surface area (Å²) in [4.78, 5) is 4.47. The van der Waals surface area contributed by atoms with Gasteiger partial charge in [0.25, 0.3) is 0 Å². The average Bonchev–Trinajstić information content (AvgIpc) is 2.95. The Morgan fingerprint density at radius 2 is 2.43 bits per heavy atom. The van der Waals surface area contributed by atoms with E-state index in [4.69, 9.17) is 0 Å². The van der Waals surface area contributed by atoms with Crippen LogP contribution in [-0.4, -0.2) is 4.98 Å². The highest BCUT2D eigenvalue weighted by molar-refractivity contribution is 5.80. The van der Waals surface area contributed by atoms with E-state index in [1.165, 1.54) is 23.3 Å². The van der Waals surface area contributed by atoms with Crippen LogP contribution in [0.3, 0.4) is 0 Å². The Balaban J connectivity index is 2.21. The van der Waals surface area contributed by atoms with Crippen LogP contribution >= 0.6 is 0 Å². The Morgan fingerprint density at radius 3 is 3.21 bits per heavy atom. The van der Waals surface area contributed by atoms with E-state index in [-0.39, 0.29) is 0 Å². The zero-order chi connectivity index (χ0) is 9.71. The number of pyridine rings is 1. The minimum Gasteiger partial charge on any atom is -0.256 e. The Morgan fingerprint density at radius 1 is 1.57 bits per heavy atom. The van der Waals surface area contributed by atoms with Crippen molar-refractivity contribution in [2.45, 2.75) is 19.3 Å². The van der Waals surface area contributed by atoms with Gasteiger partial charge in [-0.2, -0.15) is 0 Å². The third kappa shape index (κ3) is 0.985. The molecule has 1 nitrogen and oxygen atoms in total. The lowest BCUT2D eigenvalue weighted by molar-refractivity contribution is 0.963. The molecule has 0 radical (unpaired) electrons. The first-order valence-corrected chi connectivity index (χ1v) is 5.10. The topological polar surface area (TPSA) is 12.9 Å². The summed E-state index contributed by atoms with van der Waals surface area (Å²) < 4.78 is 0. The van der Waals surface area contributed by atoms with E-state index < -0.39 is 0 Å². The molecule has 14 heavy (non-hydrogen) atoms. The molecule has 1 heteroatoms. The standard InChI is InChI=1S/C13H13N/c1-8(2)11-6-9-7-12(9)10-4-3-5-14-13(10)11/h3-6,9,12H,1,7H2,2H3. The number of allylic oxidation sites excluding steroid dienone is 3. The molecule has 2 atom stereocenters. The molecule has 0 aromatic carbocycles. The quantitative estimate of drug-likeness (QED) is 0.651. The monoisotopic (exact) mass is 183 g/mol. The SMILES string of the molecule is C=C(C)C1=CC2CC2c2cccnc21. The van der Waals surface area contributed by atoms with Crippen molar-refractivity contribution in [2.75, 3.05) is 0 Å². The van der Waals surface area contributed by atoms with Gasteiger partial charge in [-0.3, -0.25) is 4.98 Å².